The molecule has 1 unspecified atom stereocenters. The van der Waals surface area contributed by atoms with Crippen molar-refractivity contribution in [2.24, 2.45) is 5.73 Å². The zero-order valence-corrected chi connectivity index (χ0v) is 8.36. The summed E-state index contributed by atoms with van der Waals surface area (Å²) in [6.45, 7) is 6.26. The molecule has 74 valence electrons. The second-order valence-corrected chi connectivity index (χ2v) is 3.76. The molecule has 1 heterocycles. The van der Waals surface area contributed by atoms with E-state index in [-0.39, 0.29) is 0 Å². The standard InChI is InChI=1S/C9H17N3O/c1-4-12-5-7(11-6-12)8(10)9(2,3)13/h5-6,8,13H,4,10H2,1-3H3. The molecule has 0 bridgehead atoms. The molecule has 4 nitrogen and oxygen atoms in total. The predicted octanol–water partition coefficient (Wildman–Crippen LogP) is 0.674. The highest BCUT2D eigenvalue weighted by molar-refractivity contribution is 5.07. The molecule has 3 N–H and O–H groups in total. The van der Waals surface area contributed by atoms with Crippen LogP contribution in [0.5, 0.6) is 0 Å². The summed E-state index contributed by atoms with van der Waals surface area (Å²) in [4.78, 5) is 4.13. The third kappa shape index (κ3) is 2.29. The monoisotopic (exact) mass is 183 g/mol. The second kappa shape index (κ2) is 3.47. The van der Waals surface area contributed by atoms with Gasteiger partial charge in [-0.2, -0.15) is 0 Å². The Morgan fingerprint density at radius 2 is 2.31 bits per heavy atom. The summed E-state index contributed by atoms with van der Waals surface area (Å²) in [7, 11) is 0. The fraction of sp³-hybridized carbons (Fsp3) is 0.667. The molecule has 0 saturated heterocycles. The van der Waals surface area contributed by atoms with Gasteiger partial charge in [0.25, 0.3) is 0 Å². The van der Waals surface area contributed by atoms with Crippen molar-refractivity contribution >= 4 is 0 Å². The number of nitrogens with two attached hydrogens (primary N) is 1. The van der Waals surface area contributed by atoms with Crippen molar-refractivity contribution in [3.8, 4) is 0 Å². The van der Waals surface area contributed by atoms with E-state index in [4.69, 9.17) is 5.73 Å². The number of aliphatic hydroxyl groups is 1. The molecule has 1 atom stereocenters. The number of aromatic nitrogens is 2. The Balaban J connectivity index is 2.83. The number of hydrogen-bond donors (Lipinski definition) is 2. The topological polar surface area (TPSA) is 64.1 Å². The van der Waals surface area contributed by atoms with Gasteiger partial charge in [-0.25, -0.2) is 4.98 Å². The van der Waals surface area contributed by atoms with E-state index >= 15 is 0 Å². The van der Waals surface area contributed by atoms with E-state index in [1.807, 2.05) is 17.7 Å². The fourth-order valence-electron chi connectivity index (χ4n) is 1.07. The lowest BCUT2D eigenvalue weighted by Gasteiger charge is -2.23. The van der Waals surface area contributed by atoms with Gasteiger partial charge in [-0.15, -0.1) is 0 Å². The lowest BCUT2D eigenvalue weighted by Crippen LogP contribution is -2.35. The SMILES string of the molecule is CCn1cnc(C(N)C(C)(C)O)c1. The van der Waals surface area contributed by atoms with Crippen LogP contribution in [0.2, 0.25) is 0 Å². The normalized spacial score (nSPS) is 14.5. The van der Waals surface area contributed by atoms with Gasteiger partial charge < -0.3 is 15.4 Å². The van der Waals surface area contributed by atoms with E-state index in [0.717, 1.165) is 12.2 Å². The zero-order chi connectivity index (χ0) is 10.1. The minimum atomic E-state index is -0.924. The summed E-state index contributed by atoms with van der Waals surface area (Å²) < 4.78 is 1.93. The zero-order valence-electron chi connectivity index (χ0n) is 8.36. The first-order chi connectivity index (χ1) is 5.95. The van der Waals surface area contributed by atoms with E-state index in [1.54, 1.807) is 20.2 Å². The molecule has 4 heteroatoms. The average Bonchev–Trinajstić information content (AvgIpc) is 2.48. The molecule has 0 aliphatic carbocycles. The first kappa shape index (κ1) is 10.2. The van der Waals surface area contributed by atoms with Gasteiger partial charge in [-0.3, -0.25) is 0 Å². The van der Waals surface area contributed by atoms with Gasteiger partial charge in [0.15, 0.2) is 0 Å². The molecule has 1 rings (SSSR count). The van der Waals surface area contributed by atoms with Crippen molar-refractivity contribution in [1.29, 1.82) is 0 Å². The first-order valence-electron chi connectivity index (χ1n) is 4.44. The van der Waals surface area contributed by atoms with E-state index in [1.165, 1.54) is 0 Å². The Kier molecular flexibility index (Phi) is 2.73. The van der Waals surface area contributed by atoms with Crippen molar-refractivity contribution in [3.05, 3.63) is 18.2 Å². The van der Waals surface area contributed by atoms with E-state index in [0.29, 0.717) is 0 Å². The van der Waals surface area contributed by atoms with Gasteiger partial charge in [0.05, 0.1) is 23.7 Å². The third-order valence-electron chi connectivity index (χ3n) is 2.10. The highest BCUT2D eigenvalue weighted by atomic mass is 16.3. The average molecular weight is 183 g/mol. The minimum absolute atomic E-state index is 0.430. The van der Waals surface area contributed by atoms with Crippen LogP contribution in [0.25, 0.3) is 0 Å². The van der Waals surface area contributed by atoms with Gasteiger partial charge in [0.1, 0.15) is 0 Å². The Labute approximate surface area is 78.4 Å². The molecule has 0 radical (unpaired) electrons. The molecule has 0 amide bonds. The molecule has 1 aromatic rings. The van der Waals surface area contributed by atoms with Crippen molar-refractivity contribution in [2.75, 3.05) is 0 Å². The minimum Gasteiger partial charge on any atom is -0.388 e. The Hall–Kier alpha value is -0.870. The maximum absolute atomic E-state index is 9.65. The van der Waals surface area contributed by atoms with Crippen LogP contribution in [0.3, 0.4) is 0 Å². The Bertz CT molecular complexity index is 275. The van der Waals surface area contributed by atoms with Gasteiger partial charge in [-0.1, -0.05) is 0 Å². The number of rotatable bonds is 3. The lowest BCUT2D eigenvalue weighted by atomic mass is 9.98. The van der Waals surface area contributed by atoms with Crippen LogP contribution >= 0.6 is 0 Å². The van der Waals surface area contributed by atoms with Crippen molar-refractivity contribution in [3.63, 3.8) is 0 Å². The largest absolute Gasteiger partial charge is 0.388 e. The molecule has 0 aliphatic rings. The third-order valence-corrected chi connectivity index (χ3v) is 2.10. The summed E-state index contributed by atoms with van der Waals surface area (Å²) in [5.74, 6) is 0. The Morgan fingerprint density at radius 1 is 1.69 bits per heavy atom. The molecule has 0 saturated carbocycles. The smallest absolute Gasteiger partial charge is 0.0950 e. The van der Waals surface area contributed by atoms with E-state index in [9.17, 15) is 5.11 Å². The number of imidazole rings is 1. The van der Waals surface area contributed by atoms with Gasteiger partial charge in [0, 0.05) is 12.7 Å². The summed E-state index contributed by atoms with van der Waals surface area (Å²) >= 11 is 0. The van der Waals surface area contributed by atoms with E-state index in [2.05, 4.69) is 4.98 Å². The van der Waals surface area contributed by atoms with Crippen LogP contribution in [0.15, 0.2) is 12.5 Å². The molecule has 13 heavy (non-hydrogen) atoms. The molecule has 0 fully saturated rings. The molecule has 0 aromatic carbocycles. The van der Waals surface area contributed by atoms with Gasteiger partial charge >= 0.3 is 0 Å². The highest BCUT2D eigenvalue weighted by Crippen LogP contribution is 2.20. The molecule has 0 aliphatic heterocycles. The maximum atomic E-state index is 9.65. The number of nitrogens with zero attached hydrogens (tertiary/aromatic N) is 2. The quantitative estimate of drug-likeness (QED) is 0.724. The first-order valence-corrected chi connectivity index (χ1v) is 4.44. The molecule has 0 spiro atoms. The lowest BCUT2D eigenvalue weighted by molar-refractivity contribution is 0.0504. The van der Waals surface area contributed by atoms with Crippen molar-refractivity contribution in [1.82, 2.24) is 9.55 Å². The fourth-order valence-corrected chi connectivity index (χ4v) is 1.07. The maximum Gasteiger partial charge on any atom is 0.0950 e. The Morgan fingerprint density at radius 3 is 2.69 bits per heavy atom. The van der Waals surface area contributed by atoms with Crippen LogP contribution in [0, 0.1) is 0 Å². The number of aryl methyl sites for hydroxylation is 1. The van der Waals surface area contributed by atoms with Crippen LogP contribution in [-0.2, 0) is 6.54 Å². The highest BCUT2D eigenvalue weighted by Gasteiger charge is 2.26. The van der Waals surface area contributed by atoms with Gasteiger partial charge in [0.2, 0.25) is 0 Å². The van der Waals surface area contributed by atoms with Crippen molar-refractivity contribution in [2.45, 2.75) is 39.0 Å². The van der Waals surface area contributed by atoms with Crippen LogP contribution in [0.1, 0.15) is 32.5 Å². The van der Waals surface area contributed by atoms with Crippen LogP contribution in [-0.4, -0.2) is 20.3 Å². The molecular weight excluding hydrogens is 166 g/mol. The summed E-state index contributed by atoms with van der Waals surface area (Å²) in [6.07, 6.45) is 3.59. The van der Waals surface area contributed by atoms with E-state index < -0.39 is 11.6 Å². The van der Waals surface area contributed by atoms with Crippen LogP contribution in [0.4, 0.5) is 0 Å². The van der Waals surface area contributed by atoms with Crippen molar-refractivity contribution < 1.29 is 5.11 Å². The molecular formula is C9H17N3O. The summed E-state index contributed by atoms with van der Waals surface area (Å²) in [5.41, 5.74) is 5.62. The number of hydrogen-bond acceptors (Lipinski definition) is 3. The molecule has 1 aromatic heterocycles. The summed E-state index contributed by atoms with van der Waals surface area (Å²) in [6, 6.07) is -0.430. The predicted molar refractivity (Wildman–Crippen MR) is 51.1 cm³/mol. The summed E-state index contributed by atoms with van der Waals surface area (Å²) in [5, 5.41) is 9.65. The van der Waals surface area contributed by atoms with Gasteiger partial charge in [-0.05, 0) is 20.8 Å². The second-order valence-electron chi connectivity index (χ2n) is 3.76. The van der Waals surface area contributed by atoms with Crippen LogP contribution < -0.4 is 5.73 Å².